The lowest BCUT2D eigenvalue weighted by Crippen LogP contribution is -2.02. The lowest BCUT2D eigenvalue weighted by atomic mass is 10.1. The molecule has 3 aromatic rings. The van der Waals surface area contributed by atoms with Crippen LogP contribution in [0.25, 0.3) is 21.8 Å². The number of nitrogens with zero attached hydrogens (tertiary/aromatic N) is 1. The lowest BCUT2D eigenvalue weighted by molar-refractivity contribution is 0.0693. The van der Waals surface area contributed by atoms with Gasteiger partial charge in [0.05, 0.1) is 11.0 Å². The Balaban J connectivity index is 2.58. The van der Waals surface area contributed by atoms with Gasteiger partial charge in [0.25, 0.3) is 0 Å². The molecule has 0 aliphatic rings. The number of halogens is 1. The van der Waals surface area contributed by atoms with Crippen LogP contribution in [0, 0.1) is 6.92 Å². The molecule has 0 radical (unpaired) electrons. The van der Waals surface area contributed by atoms with Crippen LogP contribution in [0.5, 0.6) is 0 Å². The maximum atomic E-state index is 11.3. The van der Waals surface area contributed by atoms with Crippen LogP contribution in [-0.4, -0.2) is 21.0 Å². The molecule has 0 unspecified atom stereocenters. The minimum absolute atomic E-state index is 0.0920. The molecule has 0 atom stereocenters. The molecule has 0 saturated carbocycles. The molecule has 0 amide bonds. The number of rotatable bonds is 1. The van der Waals surface area contributed by atoms with Crippen LogP contribution in [0.3, 0.4) is 0 Å². The summed E-state index contributed by atoms with van der Waals surface area (Å²) in [5.41, 5.74) is 2.47. The molecule has 18 heavy (non-hydrogen) atoms. The maximum absolute atomic E-state index is 11.3. The Bertz CT molecular complexity index is 792. The number of hydrogen-bond donors (Lipinski definition) is 2. The van der Waals surface area contributed by atoms with Crippen molar-refractivity contribution in [2.75, 3.05) is 0 Å². The molecule has 0 saturated heterocycles. The van der Waals surface area contributed by atoms with E-state index in [4.69, 9.17) is 0 Å². The molecule has 5 heteroatoms. The number of carbonyl (C=O) groups is 1. The highest BCUT2D eigenvalue weighted by Gasteiger charge is 2.16. The fraction of sp³-hybridized carbons (Fsp3) is 0.0769. The lowest BCUT2D eigenvalue weighted by Gasteiger charge is -2.04. The summed E-state index contributed by atoms with van der Waals surface area (Å²) in [6.07, 6.45) is 1.81. The van der Waals surface area contributed by atoms with E-state index in [9.17, 15) is 9.90 Å². The average Bonchev–Trinajstić information content (AvgIpc) is 2.70. The first-order valence-electron chi connectivity index (χ1n) is 5.38. The maximum Gasteiger partial charge on any atom is 0.355 e. The minimum Gasteiger partial charge on any atom is -0.476 e. The third-order valence-corrected chi connectivity index (χ3v) is 3.47. The highest BCUT2D eigenvalue weighted by molar-refractivity contribution is 9.10. The monoisotopic (exact) mass is 304 g/mol. The number of aryl methyl sites for hydroxylation is 1. The van der Waals surface area contributed by atoms with Gasteiger partial charge in [0.15, 0.2) is 5.69 Å². The van der Waals surface area contributed by atoms with E-state index < -0.39 is 5.97 Å². The van der Waals surface area contributed by atoms with Gasteiger partial charge in [-0.2, -0.15) is 0 Å². The number of hydrogen-bond acceptors (Lipinski definition) is 2. The summed E-state index contributed by atoms with van der Waals surface area (Å²) in [5.74, 6) is -1.01. The van der Waals surface area contributed by atoms with Crippen molar-refractivity contribution in [1.82, 2.24) is 9.97 Å². The van der Waals surface area contributed by atoms with Crippen molar-refractivity contribution in [3.8, 4) is 0 Å². The Morgan fingerprint density at radius 1 is 1.44 bits per heavy atom. The molecule has 0 aliphatic carbocycles. The van der Waals surface area contributed by atoms with E-state index in [0.717, 1.165) is 20.9 Å². The van der Waals surface area contributed by atoms with E-state index in [1.54, 1.807) is 6.20 Å². The molecule has 1 aromatic carbocycles. The quantitative estimate of drug-likeness (QED) is 0.723. The van der Waals surface area contributed by atoms with E-state index in [1.807, 2.05) is 25.1 Å². The molecule has 0 fully saturated rings. The van der Waals surface area contributed by atoms with Crippen LogP contribution >= 0.6 is 15.9 Å². The van der Waals surface area contributed by atoms with Crippen LogP contribution in [-0.2, 0) is 0 Å². The summed E-state index contributed by atoms with van der Waals surface area (Å²) in [7, 11) is 0. The summed E-state index contributed by atoms with van der Waals surface area (Å²) in [6, 6.07) is 5.66. The van der Waals surface area contributed by atoms with E-state index in [0.29, 0.717) is 10.9 Å². The fourth-order valence-electron chi connectivity index (χ4n) is 2.18. The predicted molar refractivity (Wildman–Crippen MR) is 73.0 cm³/mol. The van der Waals surface area contributed by atoms with Gasteiger partial charge in [0.1, 0.15) is 0 Å². The molecule has 3 rings (SSSR count). The molecule has 2 N–H and O–H groups in total. The Kier molecular flexibility index (Phi) is 2.38. The topological polar surface area (TPSA) is 66.0 Å². The molecule has 4 nitrogen and oxygen atoms in total. The summed E-state index contributed by atoms with van der Waals surface area (Å²) >= 11 is 3.37. The molecule has 0 aliphatic heterocycles. The van der Waals surface area contributed by atoms with Crippen molar-refractivity contribution in [2.45, 2.75) is 6.92 Å². The number of pyridine rings is 1. The predicted octanol–water partition coefficient (Wildman–Crippen LogP) is 3.49. The average molecular weight is 305 g/mol. The van der Waals surface area contributed by atoms with Gasteiger partial charge in [-0.15, -0.1) is 0 Å². The molecule has 0 spiro atoms. The van der Waals surface area contributed by atoms with Gasteiger partial charge in [0.2, 0.25) is 0 Å². The number of carboxylic acids is 1. The highest BCUT2D eigenvalue weighted by atomic mass is 79.9. The smallest absolute Gasteiger partial charge is 0.355 e. The normalized spacial score (nSPS) is 11.2. The second-order valence-corrected chi connectivity index (χ2v) is 5.06. The third kappa shape index (κ3) is 1.51. The second-order valence-electron chi connectivity index (χ2n) is 4.15. The van der Waals surface area contributed by atoms with Gasteiger partial charge in [-0.3, -0.25) is 0 Å². The van der Waals surface area contributed by atoms with E-state index in [-0.39, 0.29) is 5.69 Å². The number of aromatic nitrogens is 2. The number of carboxylic acid groups (broad SMARTS) is 1. The first-order valence-corrected chi connectivity index (χ1v) is 6.17. The molecule has 2 aromatic heterocycles. The van der Waals surface area contributed by atoms with Gasteiger partial charge in [0, 0.05) is 21.4 Å². The summed E-state index contributed by atoms with van der Waals surface area (Å²) in [6.45, 7) is 1.87. The molecule has 0 bridgehead atoms. The molecule has 90 valence electrons. The minimum atomic E-state index is -1.01. The van der Waals surface area contributed by atoms with Crippen molar-refractivity contribution in [3.63, 3.8) is 0 Å². The van der Waals surface area contributed by atoms with Crippen LogP contribution < -0.4 is 0 Å². The third-order valence-electron chi connectivity index (χ3n) is 2.98. The van der Waals surface area contributed by atoms with Gasteiger partial charge in [-0.1, -0.05) is 15.9 Å². The number of aromatic carboxylic acids is 1. The zero-order chi connectivity index (χ0) is 12.9. The van der Waals surface area contributed by atoms with Gasteiger partial charge >= 0.3 is 5.97 Å². The summed E-state index contributed by atoms with van der Waals surface area (Å²) in [4.78, 5) is 18.7. The zero-order valence-corrected chi connectivity index (χ0v) is 11.1. The SMILES string of the molecule is Cc1c[nH]c2c1c(C(=O)O)nc1cc(Br)ccc12. The molecular formula is C13H9BrN2O2. The molecule has 2 heterocycles. The van der Waals surface area contributed by atoms with Crippen molar-refractivity contribution in [1.29, 1.82) is 0 Å². The Labute approximate surface area is 111 Å². The molecular weight excluding hydrogens is 296 g/mol. The fourth-order valence-corrected chi connectivity index (χ4v) is 2.53. The summed E-state index contributed by atoms with van der Waals surface area (Å²) in [5, 5.41) is 10.9. The zero-order valence-electron chi connectivity index (χ0n) is 9.49. The van der Waals surface area contributed by atoms with Gasteiger partial charge in [-0.05, 0) is 30.7 Å². The highest BCUT2D eigenvalue weighted by Crippen LogP contribution is 2.29. The van der Waals surface area contributed by atoms with Gasteiger partial charge < -0.3 is 10.1 Å². The van der Waals surface area contributed by atoms with E-state index >= 15 is 0 Å². The Morgan fingerprint density at radius 3 is 2.94 bits per heavy atom. The van der Waals surface area contributed by atoms with Crippen molar-refractivity contribution in [2.24, 2.45) is 0 Å². The van der Waals surface area contributed by atoms with Gasteiger partial charge in [-0.25, -0.2) is 9.78 Å². The van der Waals surface area contributed by atoms with Crippen LogP contribution in [0.1, 0.15) is 16.1 Å². The van der Waals surface area contributed by atoms with E-state index in [1.165, 1.54) is 0 Å². The number of aromatic amines is 1. The van der Waals surface area contributed by atoms with Crippen molar-refractivity contribution < 1.29 is 9.90 Å². The Morgan fingerprint density at radius 2 is 2.22 bits per heavy atom. The first-order chi connectivity index (χ1) is 8.58. The largest absolute Gasteiger partial charge is 0.476 e. The number of benzene rings is 1. The van der Waals surface area contributed by atoms with Crippen molar-refractivity contribution in [3.05, 3.63) is 40.1 Å². The number of nitrogens with one attached hydrogen (secondary N) is 1. The standard InChI is InChI=1S/C13H9BrN2O2/c1-6-5-15-11-8-3-2-7(14)4-9(8)16-12(10(6)11)13(17)18/h2-5,15H,1H3,(H,17,18). The van der Waals surface area contributed by atoms with Crippen LogP contribution in [0.4, 0.5) is 0 Å². The van der Waals surface area contributed by atoms with E-state index in [2.05, 4.69) is 25.9 Å². The number of fused-ring (bicyclic) bond motifs is 3. The Hall–Kier alpha value is -1.88. The van der Waals surface area contributed by atoms with Crippen LogP contribution in [0.15, 0.2) is 28.9 Å². The number of H-pyrrole nitrogens is 1. The first kappa shape index (κ1) is 11.2. The summed E-state index contributed by atoms with van der Waals surface area (Å²) < 4.78 is 0.876. The van der Waals surface area contributed by atoms with Crippen LogP contribution in [0.2, 0.25) is 0 Å². The second kappa shape index (κ2) is 3.81. The van der Waals surface area contributed by atoms with Crippen molar-refractivity contribution >= 4 is 43.7 Å².